The maximum Gasteiger partial charge on any atom is 0.186 e. The van der Waals surface area contributed by atoms with Crippen molar-refractivity contribution >= 4 is 0 Å². The highest BCUT2D eigenvalue weighted by atomic mass is 16.7. The summed E-state index contributed by atoms with van der Waals surface area (Å²) in [5, 5.41) is 45.8. The van der Waals surface area contributed by atoms with Gasteiger partial charge in [-0.3, -0.25) is 0 Å². The van der Waals surface area contributed by atoms with Crippen LogP contribution in [0, 0.1) is 0 Å². The van der Waals surface area contributed by atoms with Crippen molar-refractivity contribution in [1.29, 1.82) is 0 Å². The summed E-state index contributed by atoms with van der Waals surface area (Å²) < 4.78 is 9.82. The molecule has 15 heavy (non-hydrogen) atoms. The van der Waals surface area contributed by atoms with E-state index in [9.17, 15) is 15.3 Å². The van der Waals surface area contributed by atoms with Gasteiger partial charge in [-0.25, -0.2) is 0 Å². The second kappa shape index (κ2) is 5.71. The third-order valence-corrected chi connectivity index (χ3v) is 2.21. The summed E-state index contributed by atoms with van der Waals surface area (Å²) in [5.41, 5.74) is 0. The zero-order valence-corrected chi connectivity index (χ0v) is 8.06. The Balaban J connectivity index is 2.46. The number of aliphatic hydroxyl groups is 5. The molecule has 0 aliphatic carbocycles. The molecule has 0 bridgehead atoms. The van der Waals surface area contributed by atoms with Crippen molar-refractivity contribution in [3.8, 4) is 0 Å². The molecule has 0 aromatic carbocycles. The molecule has 0 radical (unpaired) electrons. The van der Waals surface area contributed by atoms with Gasteiger partial charge >= 0.3 is 0 Å². The molecule has 0 amide bonds. The van der Waals surface area contributed by atoms with Crippen LogP contribution in [0.25, 0.3) is 0 Å². The largest absolute Gasteiger partial charge is 0.394 e. The van der Waals surface area contributed by atoms with Crippen LogP contribution in [-0.4, -0.2) is 76.1 Å². The van der Waals surface area contributed by atoms with Gasteiger partial charge in [-0.2, -0.15) is 0 Å². The lowest BCUT2D eigenvalue weighted by molar-refractivity contribution is -0.188. The molecule has 0 aromatic rings. The zero-order chi connectivity index (χ0) is 11.4. The highest BCUT2D eigenvalue weighted by Gasteiger charge is 2.37. The lowest BCUT2D eigenvalue weighted by Gasteiger charge is -2.27. The summed E-state index contributed by atoms with van der Waals surface area (Å²) >= 11 is 0. The van der Waals surface area contributed by atoms with Crippen LogP contribution < -0.4 is 0 Å². The van der Waals surface area contributed by atoms with Crippen LogP contribution >= 0.6 is 0 Å². The molecule has 1 aliphatic heterocycles. The van der Waals surface area contributed by atoms with Gasteiger partial charge in [0, 0.05) is 0 Å². The predicted molar refractivity (Wildman–Crippen MR) is 46.8 cm³/mol. The maximum absolute atomic E-state index is 9.48. The number of rotatable bonds is 5. The minimum atomic E-state index is -1.65. The molecule has 5 N–H and O–H groups in total. The fraction of sp³-hybridized carbons (Fsp3) is 1.00. The van der Waals surface area contributed by atoms with Gasteiger partial charge in [-0.15, -0.1) is 0 Å². The van der Waals surface area contributed by atoms with E-state index in [2.05, 4.69) is 0 Å². The first-order chi connectivity index (χ1) is 7.07. The lowest BCUT2D eigenvalue weighted by atomic mass is 10.0. The maximum atomic E-state index is 9.48. The summed E-state index contributed by atoms with van der Waals surface area (Å²) in [6, 6.07) is 0. The molecule has 4 atom stereocenters. The highest BCUT2D eigenvalue weighted by molar-refractivity contribution is 4.83. The van der Waals surface area contributed by atoms with E-state index in [0.717, 1.165) is 0 Å². The van der Waals surface area contributed by atoms with Crippen LogP contribution in [0.3, 0.4) is 0 Å². The minimum absolute atomic E-state index is 0.299. The van der Waals surface area contributed by atoms with Crippen LogP contribution in [0.2, 0.25) is 0 Å². The third kappa shape index (κ3) is 3.08. The quantitative estimate of drug-likeness (QED) is 0.333. The van der Waals surface area contributed by atoms with E-state index in [4.69, 9.17) is 19.7 Å². The van der Waals surface area contributed by atoms with Crippen molar-refractivity contribution < 1.29 is 35.0 Å². The van der Waals surface area contributed by atoms with Gasteiger partial charge in [0.05, 0.1) is 19.8 Å². The first kappa shape index (κ1) is 12.8. The third-order valence-electron chi connectivity index (χ3n) is 2.21. The van der Waals surface area contributed by atoms with E-state index in [1.54, 1.807) is 0 Å². The molecule has 0 unspecified atom stereocenters. The molecule has 1 saturated heterocycles. The number of aliphatic hydroxyl groups excluding tert-OH is 5. The van der Waals surface area contributed by atoms with Crippen molar-refractivity contribution in [2.24, 2.45) is 0 Å². The average molecular weight is 224 g/mol. The van der Waals surface area contributed by atoms with Gasteiger partial charge < -0.3 is 35.0 Å². The Morgan fingerprint density at radius 2 is 1.53 bits per heavy atom. The summed E-state index contributed by atoms with van der Waals surface area (Å²) in [7, 11) is 0. The summed E-state index contributed by atoms with van der Waals surface area (Å²) in [5.74, 6) is 0. The monoisotopic (exact) mass is 224 g/mol. The molecule has 1 aliphatic rings. The smallest absolute Gasteiger partial charge is 0.186 e. The first-order valence-corrected chi connectivity index (χ1v) is 4.64. The van der Waals surface area contributed by atoms with Gasteiger partial charge in [0.15, 0.2) is 6.29 Å². The average Bonchev–Trinajstić information content (AvgIpc) is 2.78. The van der Waals surface area contributed by atoms with Gasteiger partial charge in [-0.1, -0.05) is 0 Å². The molecule has 0 aromatic heterocycles. The molecular formula is C8H16O7. The zero-order valence-electron chi connectivity index (χ0n) is 8.06. The topological polar surface area (TPSA) is 120 Å². The number of hydrogen-bond donors (Lipinski definition) is 5. The Hall–Kier alpha value is -0.280. The van der Waals surface area contributed by atoms with E-state index >= 15 is 0 Å². The Kier molecular flexibility index (Phi) is 4.87. The van der Waals surface area contributed by atoms with Gasteiger partial charge in [0.2, 0.25) is 0 Å². The number of hydrogen-bond acceptors (Lipinski definition) is 7. The van der Waals surface area contributed by atoms with Crippen molar-refractivity contribution in [1.82, 2.24) is 0 Å². The van der Waals surface area contributed by atoms with Crippen molar-refractivity contribution in [3.63, 3.8) is 0 Å². The predicted octanol–water partition coefficient (Wildman–Crippen LogP) is -3.20. The standard InChI is InChI=1S/C8H16O7/c9-3-4(10)5(11)6(12)7(13)8-14-1-2-15-8/h4-13H,1-3H2/t4-,5+,6+,7-/m1/s1. The molecule has 1 fully saturated rings. The van der Waals surface area contributed by atoms with Gasteiger partial charge in [0.1, 0.15) is 24.4 Å². The Morgan fingerprint density at radius 1 is 1.00 bits per heavy atom. The second-order valence-corrected chi connectivity index (χ2v) is 3.33. The van der Waals surface area contributed by atoms with Gasteiger partial charge in [0.25, 0.3) is 0 Å². The van der Waals surface area contributed by atoms with E-state index in [0.29, 0.717) is 13.2 Å². The van der Waals surface area contributed by atoms with Crippen molar-refractivity contribution in [2.75, 3.05) is 19.8 Å². The highest BCUT2D eigenvalue weighted by Crippen LogP contribution is 2.15. The van der Waals surface area contributed by atoms with Crippen LogP contribution in [-0.2, 0) is 9.47 Å². The molecule has 1 rings (SSSR count). The Labute approximate surface area is 86.5 Å². The lowest BCUT2D eigenvalue weighted by Crippen LogP contribution is -2.50. The molecule has 0 saturated carbocycles. The van der Waals surface area contributed by atoms with Crippen LogP contribution in [0.15, 0.2) is 0 Å². The first-order valence-electron chi connectivity index (χ1n) is 4.64. The van der Waals surface area contributed by atoms with Crippen LogP contribution in [0.4, 0.5) is 0 Å². The minimum Gasteiger partial charge on any atom is -0.394 e. The summed E-state index contributed by atoms with van der Waals surface area (Å²) in [4.78, 5) is 0. The molecular weight excluding hydrogens is 208 g/mol. The number of ether oxygens (including phenoxy) is 2. The summed E-state index contributed by atoms with van der Waals surface area (Å²) in [6.45, 7) is -0.114. The van der Waals surface area contributed by atoms with E-state index in [1.165, 1.54) is 0 Å². The SMILES string of the molecule is OC[C@@H](O)[C@H](O)[C@H](O)[C@@H](O)C1OCCO1. The van der Waals surface area contributed by atoms with Crippen molar-refractivity contribution in [3.05, 3.63) is 0 Å². The molecule has 7 nitrogen and oxygen atoms in total. The molecule has 7 heteroatoms. The normalized spacial score (nSPS) is 26.2. The van der Waals surface area contributed by atoms with E-state index in [1.807, 2.05) is 0 Å². The van der Waals surface area contributed by atoms with E-state index in [-0.39, 0.29) is 0 Å². The summed E-state index contributed by atoms with van der Waals surface area (Å²) in [6.07, 6.45) is -7.30. The van der Waals surface area contributed by atoms with Crippen LogP contribution in [0.5, 0.6) is 0 Å². The molecule has 1 heterocycles. The van der Waals surface area contributed by atoms with E-state index < -0.39 is 37.3 Å². The molecule has 0 spiro atoms. The second-order valence-electron chi connectivity index (χ2n) is 3.33. The fourth-order valence-corrected chi connectivity index (χ4v) is 1.27. The van der Waals surface area contributed by atoms with Crippen LogP contribution in [0.1, 0.15) is 0 Å². The Morgan fingerprint density at radius 3 is 2.00 bits per heavy atom. The Bertz CT molecular complexity index is 182. The van der Waals surface area contributed by atoms with Gasteiger partial charge in [-0.05, 0) is 0 Å². The van der Waals surface area contributed by atoms with Crippen molar-refractivity contribution in [2.45, 2.75) is 30.7 Å². The molecule has 90 valence electrons. The fourth-order valence-electron chi connectivity index (χ4n) is 1.27.